The van der Waals surface area contributed by atoms with Crippen LogP contribution in [0.25, 0.3) is 0 Å². The molecule has 4 aromatic rings. The molecule has 0 bridgehead atoms. The Kier molecular flexibility index (Phi) is 8.49. The summed E-state index contributed by atoms with van der Waals surface area (Å²) in [4.78, 5) is 25.8. The number of rotatable bonds is 10. The van der Waals surface area contributed by atoms with Gasteiger partial charge in [-0.05, 0) is 47.7 Å². The van der Waals surface area contributed by atoms with E-state index in [-0.39, 0.29) is 12.4 Å². The quantitative estimate of drug-likeness (QED) is 0.269. The van der Waals surface area contributed by atoms with Crippen molar-refractivity contribution in [1.29, 1.82) is 0 Å². The van der Waals surface area contributed by atoms with Crippen LogP contribution in [0.4, 0.5) is 4.79 Å². The Balaban J connectivity index is 1.48. The lowest BCUT2D eigenvalue weighted by molar-refractivity contribution is 0.0925. The molecule has 1 atom stereocenters. The second kappa shape index (κ2) is 12.4. The first-order chi connectivity index (χ1) is 17.6. The fourth-order valence-corrected chi connectivity index (χ4v) is 3.83. The first kappa shape index (κ1) is 24.7. The van der Waals surface area contributed by atoms with Gasteiger partial charge in [-0.1, -0.05) is 97.1 Å². The molecular formula is C31H29NO4. The average Bonchev–Trinajstić information content (AvgIpc) is 2.92. The van der Waals surface area contributed by atoms with Crippen LogP contribution in [-0.2, 0) is 24.4 Å². The van der Waals surface area contributed by atoms with Gasteiger partial charge in [0, 0.05) is 5.56 Å². The van der Waals surface area contributed by atoms with Crippen LogP contribution in [0.5, 0.6) is 5.75 Å². The van der Waals surface area contributed by atoms with Crippen molar-refractivity contribution < 1.29 is 19.1 Å². The zero-order chi connectivity index (χ0) is 25.2. The molecule has 0 aliphatic carbocycles. The van der Waals surface area contributed by atoms with E-state index in [9.17, 15) is 9.59 Å². The van der Waals surface area contributed by atoms with Gasteiger partial charge < -0.3 is 14.8 Å². The number of Topliss-reactive ketones (excluding diaryl/α,β-unsaturated/α-hetero) is 1. The van der Waals surface area contributed by atoms with E-state index in [4.69, 9.17) is 9.47 Å². The summed E-state index contributed by atoms with van der Waals surface area (Å²) < 4.78 is 11.3. The van der Waals surface area contributed by atoms with Crippen LogP contribution < -0.4 is 10.1 Å². The van der Waals surface area contributed by atoms with Crippen molar-refractivity contribution in [2.24, 2.45) is 0 Å². The van der Waals surface area contributed by atoms with E-state index < -0.39 is 12.1 Å². The van der Waals surface area contributed by atoms with Gasteiger partial charge in [-0.25, -0.2) is 4.79 Å². The predicted octanol–water partition coefficient (Wildman–Crippen LogP) is 6.35. The molecule has 1 amide bonds. The van der Waals surface area contributed by atoms with Crippen molar-refractivity contribution in [1.82, 2.24) is 5.32 Å². The Morgan fingerprint density at radius 2 is 1.28 bits per heavy atom. The number of hydrogen-bond donors (Lipinski definition) is 1. The minimum absolute atomic E-state index is 0.135. The second-order valence-corrected chi connectivity index (χ2v) is 8.55. The van der Waals surface area contributed by atoms with Crippen LogP contribution in [0.3, 0.4) is 0 Å². The van der Waals surface area contributed by atoms with Crippen molar-refractivity contribution in [3.63, 3.8) is 0 Å². The molecule has 0 aromatic heterocycles. The fraction of sp³-hybridized carbons (Fsp3) is 0.161. The highest BCUT2D eigenvalue weighted by atomic mass is 16.5. The van der Waals surface area contributed by atoms with Gasteiger partial charge in [0.25, 0.3) is 0 Å². The van der Waals surface area contributed by atoms with E-state index in [1.165, 1.54) is 0 Å². The van der Waals surface area contributed by atoms with Crippen molar-refractivity contribution in [3.05, 3.63) is 137 Å². The van der Waals surface area contributed by atoms with Gasteiger partial charge in [0.15, 0.2) is 5.78 Å². The van der Waals surface area contributed by atoms with E-state index in [0.29, 0.717) is 24.3 Å². The number of carbonyl (C=O) groups is 2. The molecular weight excluding hydrogens is 450 g/mol. The number of amides is 1. The molecule has 1 N–H and O–H groups in total. The number of nitrogens with one attached hydrogen (secondary N) is 1. The number of carbonyl (C=O) groups excluding carboxylic acids is 2. The number of ether oxygens (including phenoxy) is 2. The lowest BCUT2D eigenvalue weighted by Gasteiger charge is -2.17. The minimum Gasteiger partial charge on any atom is -0.489 e. The van der Waals surface area contributed by atoms with Crippen LogP contribution in [0, 0.1) is 0 Å². The van der Waals surface area contributed by atoms with Gasteiger partial charge in [0.1, 0.15) is 19.0 Å². The number of alkyl carbamates (subject to hydrolysis) is 1. The van der Waals surface area contributed by atoms with Gasteiger partial charge in [-0.15, -0.1) is 0 Å². The van der Waals surface area contributed by atoms with Crippen molar-refractivity contribution >= 4 is 11.9 Å². The maximum absolute atomic E-state index is 13.5. The van der Waals surface area contributed by atoms with Gasteiger partial charge in [-0.2, -0.15) is 0 Å². The second-order valence-electron chi connectivity index (χ2n) is 8.55. The largest absolute Gasteiger partial charge is 0.489 e. The van der Waals surface area contributed by atoms with Gasteiger partial charge in [0.2, 0.25) is 0 Å². The summed E-state index contributed by atoms with van der Waals surface area (Å²) in [6.07, 6.45) is -0.0488. The van der Waals surface area contributed by atoms with Gasteiger partial charge >= 0.3 is 6.09 Å². The monoisotopic (exact) mass is 479 g/mol. The maximum Gasteiger partial charge on any atom is 0.408 e. The summed E-state index contributed by atoms with van der Waals surface area (Å²) in [5.74, 6) is 0.389. The number of ketones is 1. The molecule has 4 rings (SSSR count). The van der Waals surface area contributed by atoms with E-state index in [1.54, 1.807) is 13.0 Å². The molecule has 0 saturated heterocycles. The lowest BCUT2D eigenvalue weighted by atomic mass is 9.94. The molecule has 5 heteroatoms. The Hall–Kier alpha value is -4.38. The third-order valence-electron chi connectivity index (χ3n) is 5.77. The molecule has 1 unspecified atom stereocenters. The molecule has 0 aliphatic heterocycles. The molecule has 0 heterocycles. The summed E-state index contributed by atoms with van der Waals surface area (Å²) in [5, 5.41) is 2.67. The third kappa shape index (κ3) is 7.06. The van der Waals surface area contributed by atoms with Crippen LogP contribution in [0.2, 0.25) is 0 Å². The molecule has 0 aliphatic rings. The third-order valence-corrected chi connectivity index (χ3v) is 5.77. The highest BCUT2D eigenvalue weighted by Gasteiger charge is 2.22. The van der Waals surface area contributed by atoms with E-state index >= 15 is 0 Å². The Labute approximate surface area is 211 Å². The Morgan fingerprint density at radius 1 is 0.722 bits per heavy atom. The summed E-state index contributed by atoms with van der Waals surface area (Å²) in [6, 6.07) is 34.0. The van der Waals surface area contributed by atoms with Crippen LogP contribution in [0.15, 0.2) is 109 Å². The number of hydrogen-bond acceptors (Lipinski definition) is 4. The molecule has 4 aromatic carbocycles. The molecule has 0 spiro atoms. The Bertz CT molecular complexity index is 1270. The smallest absolute Gasteiger partial charge is 0.408 e. The molecule has 0 saturated carbocycles. The minimum atomic E-state index is -0.771. The standard InChI is InChI=1S/C31H29NO4/c1-23(32-31(34)36-22-26-15-9-4-10-16-26)30(33)29-20-28(35-21-25-13-7-3-8-14-25)18-17-27(29)19-24-11-5-2-6-12-24/h2-18,20,23H,19,21-22H2,1H3,(H,32,34). The topological polar surface area (TPSA) is 64.6 Å². The summed E-state index contributed by atoms with van der Waals surface area (Å²) in [7, 11) is 0. The molecule has 0 fully saturated rings. The van der Waals surface area contributed by atoms with Crippen molar-refractivity contribution in [2.45, 2.75) is 32.6 Å². The molecule has 182 valence electrons. The SMILES string of the molecule is CC(NC(=O)OCc1ccccc1)C(=O)c1cc(OCc2ccccc2)ccc1Cc1ccccc1. The van der Waals surface area contributed by atoms with Gasteiger partial charge in [0.05, 0.1) is 6.04 Å². The first-order valence-corrected chi connectivity index (χ1v) is 11.9. The summed E-state index contributed by atoms with van der Waals surface area (Å²) in [6.45, 7) is 2.19. The van der Waals surface area contributed by atoms with Crippen LogP contribution in [-0.4, -0.2) is 17.9 Å². The molecule has 36 heavy (non-hydrogen) atoms. The van der Waals surface area contributed by atoms with E-state index in [2.05, 4.69) is 5.32 Å². The van der Waals surface area contributed by atoms with E-state index in [0.717, 1.165) is 22.3 Å². The van der Waals surface area contributed by atoms with Crippen LogP contribution >= 0.6 is 0 Å². The van der Waals surface area contributed by atoms with Crippen molar-refractivity contribution in [2.75, 3.05) is 0 Å². The predicted molar refractivity (Wildman–Crippen MR) is 140 cm³/mol. The zero-order valence-corrected chi connectivity index (χ0v) is 20.2. The lowest BCUT2D eigenvalue weighted by Crippen LogP contribution is -2.39. The zero-order valence-electron chi connectivity index (χ0n) is 20.2. The van der Waals surface area contributed by atoms with Crippen LogP contribution in [0.1, 0.15) is 39.5 Å². The van der Waals surface area contributed by atoms with Gasteiger partial charge in [-0.3, -0.25) is 4.79 Å². The molecule has 0 radical (unpaired) electrons. The summed E-state index contributed by atoms with van der Waals surface area (Å²) in [5.41, 5.74) is 4.38. The molecule has 5 nitrogen and oxygen atoms in total. The first-order valence-electron chi connectivity index (χ1n) is 11.9. The van der Waals surface area contributed by atoms with Crippen molar-refractivity contribution in [3.8, 4) is 5.75 Å². The maximum atomic E-state index is 13.5. The highest BCUT2D eigenvalue weighted by molar-refractivity contribution is 6.02. The van der Waals surface area contributed by atoms with E-state index in [1.807, 2.05) is 103 Å². The Morgan fingerprint density at radius 3 is 1.89 bits per heavy atom. The average molecular weight is 480 g/mol. The highest BCUT2D eigenvalue weighted by Crippen LogP contribution is 2.23. The number of benzene rings is 4. The fourth-order valence-electron chi connectivity index (χ4n) is 3.83. The summed E-state index contributed by atoms with van der Waals surface area (Å²) >= 11 is 0. The normalized spacial score (nSPS) is 11.4.